The maximum atomic E-state index is 5.70. The second-order valence-corrected chi connectivity index (χ2v) is 6.97. The molecule has 0 bridgehead atoms. The summed E-state index contributed by atoms with van der Waals surface area (Å²) in [5.41, 5.74) is 0.343. The van der Waals surface area contributed by atoms with E-state index in [0.717, 1.165) is 38.6 Å². The first kappa shape index (κ1) is 15.3. The van der Waals surface area contributed by atoms with Crippen LogP contribution in [0.25, 0.3) is 0 Å². The van der Waals surface area contributed by atoms with Gasteiger partial charge in [0.25, 0.3) is 0 Å². The molecule has 1 N–H and O–H groups in total. The molecule has 1 heterocycles. The smallest absolute Gasteiger partial charge is 0.0593 e. The summed E-state index contributed by atoms with van der Waals surface area (Å²) in [4.78, 5) is 2.68. The van der Waals surface area contributed by atoms with Crippen molar-refractivity contribution in [1.29, 1.82) is 0 Å². The standard InChI is InChI=1S/C16H32N2O/c1-5-9-19-10-8-18-12-16(4,14-6-7-14)17-11-15(18)13(2)3/h13-15,17H,5-12H2,1-4H3. The van der Waals surface area contributed by atoms with Gasteiger partial charge in [-0.3, -0.25) is 4.90 Å². The van der Waals surface area contributed by atoms with Gasteiger partial charge in [0.2, 0.25) is 0 Å². The summed E-state index contributed by atoms with van der Waals surface area (Å²) in [7, 11) is 0. The number of nitrogens with one attached hydrogen (secondary N) is 1. The third kappa shape index (κ3) is 3.93. The van der Waals surface area contributed by atoms with Crippen LogP contribution >= 0.6 is 0 Å². The fourth-order valence-electron chi connectivity index (χ4n) is 3.39. The lowest BCUT2D eigenvalue weighted by Gasteiger charge is -2.48. The largest absolute Gasteiger partial charge is 0.380 e. The van der Waals surface area contributed by atoms with Crippen molar-refractivity contribution in [3.05, 3.63) is 0 Å². The lowest BCUT2D eigenvalue weighted by molar-refractivity contribution is 0.0232. The van der Waals surface area contributed by atoms with E-state index < -0.39 is 0 Å². The molecule has 112 valence electrons. The van der Waals surface area contributed by atoms with Crippen molar-refractivity contribution in [2.45, 2.75) is 58.5 Å². The molecule has 1 aliphatic carbocycles. The van der Waals surface area contributed by atoms with E-state index in [4.69, 9.17) is 4.74 Å². The van der Waals surface area contributed by atoms with Crippen molar-refractivity contribution in [2.24, 2.45) is 11.8 Å². The minimum atomic E-state index is 0.343. The van der Waals surface area contributed by atoms with Crippen molar-refractivity contribution in [3.8, 4) is 0 Å². The molecule has 1 saturated carbocycles. The van der Waals surface area contributed by atoms with E-state index in [1.54, 1.807) is 0 Å². The Balaban J connectivity index is 1.88. The highest BCUT2D eigenvalue weighted by Crippen LogP contribution is 2.41. The first-order valence-corrected chi connectivity index (χ1v) is 8.13. The minimum absolute atomic E-state index is 0.343. The second kappa shape index (κ2) is 6.55. The quantitative estimate of drug-likeness (QED) is 0.718. The van der Waals surface area contributed by atoms with E-state index in [1.807, 2.05) is 0 Å². The molecule has 2 aliphatic rings. The third-order valence-corrected chi connectivity index (χ3v) is 4.83. The topological polar surface area (TPSA) is 24.5 Å². The molecule has 2 fully saturated rings. The molecule has 3 nitrogen and oxygen atoms in total. The monoisotopic (exact) mass is 268 g/mol. The van der Waals surface area contributed by atoms with Gasteiger partial charge < -0.3 is 10.1 Å². The van der Waals surface area contributed by atoms with Gasteiger partial charge >= 0.3 is 0 Å². The van der Waals surface area contributed by atoms with Crippen LogP contribution in [0.15, 0.2) is 0 Å². The van der Waals surface area contributed by atoms with Crippen LogP contribution in [0.5, 0.6) is 0 Å². The average Bonchev–Trinajstić information content (AvgIpc) is 3.19. The van der Waals surface area contributed by atoms with Gasteiger partial charge in [-0.1, -0.05) is 20.8 Å². The van der Waals surface area contributed by atoms with Gasteiger partial charge in [-0.2, -0.15) is 0 Å². The normalized spacial score (nSPS) is 33.0. The lowest BCUT2D eigenvalue weighted by Crippen LogP contribution is -2.65. The fraction of sp³-hybridized carbons (Fsp3) is 1.00. The number of rotatable bonds is 7. The number of ether oxygens (including phenoxy) is 1. The summed E-state index contributed by atoms with van der Waals surface area (Å²) < 4.78 is 5.70. The zero-order valence-corrected chi connectivity index (χ0v) is 13.2. The van der Waals surface area contributed by atoms with Gasteiger partial charge in [0.05, 0.1) is 6.61 Å². The van der Waals surface area contributed by atoms with Crippen molar-refractivity contribution < 1.29 is 4.74 Å². The number of piperazine rings is 1. The fourth-order valence-corrected chi connectivity index (χ4v) is 3.39. The molecule has 0 aromatic heterocycles. The molecular formula is C16H32N2O. The van der Waals surface area contributed by atoms with Crippen molar-refractivity contribution in [3.63, 3.8) is 0 Å². The molecule has 0 aromatic rings. The zero-order valence-electron chi connectivity index (χ0n) is 13.2. The molecule has 2 atom stereocenters. The Hall–Kier alpha value is -0.120. The van der Waals surface area contributed by atoms with Crippen LogP contribution in [-0.2, 0) is 4.74 Å². The van der Waals surface area contributed by atoms with Gasteiger partial charge in [0.15, 0.2) is 0 Å². The molecule has 3 heteroatoms. The Morgan fingerprint density at radius 1 is 1.32 bits per heavy atom. The molecule has 0 spiro atoms. The van der Waals surface area contributed by atoms with Crippen LogP contribution in [-0.4, -0.2) is 49.3 Å². The van der Waals surface area contributed by atoms with Crippen molar-refractivity contribution in [2.75, 3.05) is 32.8 Å². The predicted molar refractivity (Wildman–Crippen MR) is 80.4 cm³/mol. The molecule has 0 radical (unpaired) electrons. The Bertz CT molecular complexity index is 278. The van der Waals surface area contributed by atoms with Crippen LogP contribution in [0.4, 0.5) is 0 Å². The molecule has 0 amide bonds. The Morgan fingerprint density at radius 3 is 2.63 bits per heavy atom. The molecule has 0 aromatic carbocycles. The van der Waals surface area contributed by atoms with Crippen molar-refractivity contribution >= 4 is 0 Å². The first-order chi connectivity index (χ1) is 9.07. The highest BCUT2D eigenvalue weighted by molar-refractivity contribution is 5.04. The maximum Gasteiger partial charge on any atom is 0.0593 e. The van der Waals surface area contributed by atoms with Gasteiger partial charge in [-0.05, 0) is 38.0 Å². The SMILES string of the molecule is CCCOCCN1CC(C)(C2CC2)NCC1C(C)C. The van der Waals surface area contributed by atoms with Gasteiger partial charge in [0.1, 0.15) is 0 Å². The Morgan fingerprint density at radius 2 is 2.05 bits per heavy atom. The highest BCUT2D eigenvalue weighted by Gasteiger charge is 2.46. The summed E-state index contributed by atoms with van der Waals surface area (Å²) in [5.74, 6) is 1.61. The third-order valence-electron chi connectivity index (χ3n) is 4.83. The molecule has 1 aliphatic heterocycles. The average molecular weight is 268 g/mol. The second-order valence-electron chi connectivity index (χ2n) is 6.97. The molecule has 1 saturated heterocycles. The van der Waals surface area contributed by atoms with E-state index in [0.29, 0.717) is 17.5 Å². The lowest BCUT2D eigenvalue weighted by atomic mass is 9.88. The van der Waals surface area contributed by atoms with Crippen LogP contribution in [0.1, 0.15) is 47.0 Å². The van der Waals surface area contributed by atoms with Crippen LogP contribution in [0.3, 0.4) is 0 Å². The number of hydrogen-bond donors (Lipinski definition) is 1. The molecule has 2 rings (SSSR count). The van der Waals surface area contributed by atoms with E-state index in [2.05, 4.69) is 37.9 Å². The Kier molecular flexibility index (Phi) is 5.27. The zero-order chi connectivity index (χ0) is 13.9. The summed E-state index contributed by atoms with van der Waals surface area (Å²) >= 11 is 0. The predicted octanol–water partition coefficient (Wildman–Crippen LogP) is 2.51. The molecule has 2 unspecified atom stereocenters. The Labute approximate surface area is 119 Å². The number of nitrogens with zero attached hydrogens (tertiary/aromatic N) is 1. The summed E-state index contributed by atoms with van der Waals surface area (Å²) in [6.45, 7) is 14.5. The molecule has 19 heavy (non-hydrogen) atoms. The van der Waals surface area contributed by atoms with Crippen molar-refractivity contribution in [1.82, 2.24) is 10.2 Å². The number of hydrogen-bond acceptors (Lipinski definition) is 3. The first-order valence-electron chi connectivity index (χ1n) is 8.13. The van der Waals surface area contributed by atoms with Gasteiger partial charge in [-0.15, -0.1) is 0 Å². The van der Waals surface area contributed by atoms with Crippen LogP contribution < -0.4 is 5.32 Å². The molecular weight excluding hydrogens is 236 g/mol. The summed E-state index contributed by atoms with van der Waals surface area (Å²) in [6, 6.07) is 0.664. The van der Waals surface area contributed by atoms with E-state index >= 15 is 0 Å². The van der Waals surface area contributed by atoms with E-state index in [-0.39, 0.29) is 0 Å². The van der Waals surface area contributed by atoms with E-state index in [9.17, 15) is 0 Å². The summed E-state index contributed by atoms with van der Waals surface area (Å²) in [5, 5.41) is 3.84. The van der Waals surface area contributed by atoms with Crippen LogP contribution in [0.2, 0.25) is 0 Å². The van der Waals surface area contributed by atoms with Gasteiger partial charge in [0, 0.05) is 37.8 Å². The van der Waals surface area contributed by atoms with E-state index in [1.165, 1.54) is 19.4 Å². The minimum Gasteiger partial charge on any atom is -0.380 e. The highest BCUT2D eigenvalue weighted by atomic mass is 16.5. The van der Waals surface area contributed by atoms with Gasteiger partial charge in [-0.25, -0.2) is 0 Å². The van der Waals surface area contributed by atoms with Crippen LogP contribution in [0, 0.1) is 11.8 Å². The summed E-state index contributed by atoms with van der Waals surface area (Å²) in [6.07, 6.45) is 3.95. The maximum absolute atomic E-state index is 5.70.